The average Bonchev–Trinajstić information content (AvgIpc) is 2.17. The van der Waals surface area contributed by atoms with Crippen molar-refractivity contribution in [1.82, 2.24) is 0 Å². The summed E-state index contributed by atoms with van der Waals surface area (Å²) in [4.78, 5) is 3.59. The molecular weight excluding hydrogens is 214 g/mol. The zero-order valence-corrected chi connectivity index (χ0v) is 9.49. The molecule has 0 saturated carbocycles. The molecule has 0 radical (unpaired) electrons. The molecule has 1 aromatic rings. The van der Waals surface area contributed by atoms with Gasteiger partial charge >= 0.3 is 0 Å². The molecule has 1 atom stereocenters. The Labute approximate surface area is 89.7 Å². The minimum absolute atomic E-state index is 0.128. The zero-order chi connectivity index (χ0) is 11.5. The average molecular weight is 227 g/mol. The van der Waals surface area contributed by atoms with Crippen LogP contribution in [0.3, 0.4) is 0 Å². The van der Waals surface area contributed by atoms with Gasteiger partial charge in [0, 0.05) is 0 Å². The standard InChI is InChI=1S/C10H13NO3S/c1-8-4-6-10(7-5-8)15(12,13)14-9(2)11-3/h4-7,9H,3H2,1-2H3. The van der Waals surface area contributed by atoms with Crippen LogP contribution in [0.1, 0.15) is 12.5 Å². The fourth-order valence-electron chi connectivity index (χ4n) is 0.974. The van der Waals surface area contributed by atoms with Crippen molar-refractivity contribution >= 4 is 16.8 Å². The van der Waals surface area contributed by atoms with Crippen molar-refractivity contribution in [2.75, 3.05) is 0 Å². The summed E-state index contributed by atoms with van der Waals surface area (Å²) in [6.07, 6.45) is -0.767. The van der Waals surface area contributed by atoms with Gasteiger partial charge in [0.15, 0.2) is 6.23 Å². The highest BCUT2D eigenvalue weighted by Crippen LogP contribution is 2.14. The first-order chi connectivity index (χ1) is 6.95. The molecule has 0 aliphatic carbocycles. The first-order valence-electron chi connectivity index (χ1n) is 4.41. The fraction of sp³-hybridized carbons (Fsp3) is 0.300. The van der Waals surface area contributed by atoms with E-state index in [4.69, 9.17) is 4.18 Å². The van der Waals surface area contributed by atoms with Gasteiger partial charge in [-0.25, -0.2) is 4.18 Å². The van der Waals surface area contributed by atoms with Crippen LogP contribution in [-0.4, -0.2) is 21.4 Å². The van der Waals surface area contributed by atoms with Crippen LogP contribution in [0.2, 0.25) is 0 Å². The second-order valence-electron chi connectivity index (χ2n) is 3.15. The Hall–Kier alpha value is -1.20. The topological polar surface area (TPSA) is 55.7 Å². The second kappa shape index (κ2) is 4.55. The Balaban J connectivity index is 2.96. The molecule has 82 valence electrons. The predicted octanol–water partition coefficient (Wildman–Crippen LogP) is 1.75. The van der Waals surface area contributed by atoms with Crippen LogP contribution in [0.4, 0.5) is 0 Å². The Morgan fingerprint density at radius 3 is 2.33 bits per heavy atom. The highest BCUT2D eigenvalue weighted by molar-refractivity contribution is 7.86. The lowest BCUT2D eigenvalue weighted by atomic mass is 10.2. The predicted molar refractivity (Wildman–Crippen MR) is 58.5 cm³/mol. The Bertz CT molecular complexity index is 436. The normalized spacial score (nSPS) is 13.5. The first-order valence-corrected chi connectivity index (χ1v) is 5.82. The molecule has 5 heteroatoms. The van der Waals surface area contributed by atoms with E-state index < -0.39 is 16.3 Å². The summed E-state index contributed by atoms with van der Waals surface area (Å²) in [5.41, 5.74) is 0.990. The molecule has 0 aliphatic rings. The number of rotatable bonds is 4. The van der Waals surface area contributed by atoms with Crippen molar-refractivity contribution < 1.29 is 12.6 Å². The lowest BCUT2D eigenvalue weighted by Gasteiger charge is -2.08. The van der Waals surface area contributed by atoms with Crippen LogP contribution in [0.15, 0.2) is 34.2 Å². The molecule has 0 N–H and O–H groups in total. The third-order valence-electron chi connectivity index (χ3n) is 1.83. The van der Waals surface area contributed by atoms with Gasteiger partial charge in [-0.3, -0.25) is 4.99 Å². The highest BCUT2D eigenvalue weighted by Gasteiger charge is 2.17. The van der Waals surface area contributed by atoms with Crippen LogP contribution in [0, 0.1) is 6.92 Å². The van der Waals surface area contributed by atoms with Crippen molar-refractivity contribution in [3.63, 3.8) is 0 Å². The maximum atomic E-state index is 11.6. The van der Waals surface area contributed by atoms with Crippen molar-refractivity contribution in [1.29, 1.82) is 0 Å². The lowest BCUT2D eigenvalue weighted by molar-refractivity contribution is 0.240. The summed E-state index contributed by atoms with van der Waals surface area (Å²) in [5, 5.41) is 0. The Morgan fingerprint density at radius 2 is 1.87 bits per heavy atom. The summed E-state index contributed by atoms with van der Waals surface area (Å²) in [5.74, 6) is 0. The van der Waals surface area contributed by atoms with Gasteiger partial charge in [0.25, 0.3) is 10.1 Å². The molecule has 1 aromatic carbocycles. The number of hydrogen-bond acceptors (Lipinski definition) is 4. The molecule has 15 heavy (non-hydrogen) atoms. The first kappa shape index (κ1) is 11.9. The maximum Gasteiger partial charge on any atom is 0.299 e. The summed E-state index contributed by atoms with van der Waals surface area (Å²) in [7, 11) is -3.72. The molecule has 0 aromatic heterocycles. The number of aryl methyl sites for hydroxylation is 1. The molecule has 0 saturated heterocycles. The van der Waals surface area contributed by atoms with Crippen molar-refractivity contribution in [3.05, 3.63) is 29.8 Å². The summed E-state index contributed by atoms with van der Waals surface area (Å²) < 4.78 is 28.0. The van der Waals surface area contributed by atoms with Crippen LogP contribution < -0.4 is 0 Å². The smallest absolute Gasteiger partial charge is 0.269 e. The molecule has 1 rings (SSSR count). The van der Waals surface area contributed by atoms with Gasteiger partial charge < -0.3 is 0 Å². The van der Waals surface area contributed by atoms with Crippen LogP contribution >= 0.6 is 0 Å². The van der Waals surface area contributed by atoms with Gasteiger partial charge in [0.2, 0.25) is 0 Å². The lowest BCUT2D eigenvalue weighted by Crippen LogP contribution is -2.13. The van der Waals surface area contributed by atoms with E-state index in [0.717, 1.165) is 5.56 Å². The Kier molecular flexibility index (Phi) is 3.60. The molecule has 0 spiro atoms. The minimum atomic E-state index is -3.72. The number of nitrogens with zero attached hydrogens (tertiary/aromatic N) is 1. The van der Waals surface area contributed by atoms with E-state index in [0.29, 0.717) is 0 Å². The molecule has 0 heterocycles. The van der Waals surface area contributed by atoms with E-state index in [2.05, 4.69) is 11.7 Å². The quantitative estimate of drug-likeness (QED) is 0.581. The van der Waals surface area contributed by atoms with Gasteiger partial charge in [-0.1, -0.05) is 17.7 Å². The van der Waals surface area contributed by atoms with Gasteiger partial charge in [-0.2, -0.15) is 8.42 Å². The Morgan fingerprint density at radius 1 is 1.33 bits per heavy atom. The van der Waals surface area contributed by atoms with Crippen LogP contribution in [0.5, 0.6) is 0 Å². The van der Waals surface area contributed by atoms with Crippen molar-refractivity contribution in [3.8, 4) is 0 Å². The monoisotopic (exact) mass is 227 g/mol. The number of benzene rings is 1. The van der Waals surface area contributed by atoms with Gasteiger partial charge in [0.05, 0.1) is 4.90 Å². The number of hydrogen-bond donors (Lipinski definition) is 0. The van der Waals surface area contributed by atoms with E-state index in [1.54, 1.807) is 12.1 Å². The molecule has 0 amide bonds. The minimum Gasteiger partial charge on any atom is -0.269 e. The van der Waals surface area contributed by atoms with E-state index in [9.17, 15) is 8.42 Å². The van der Waals surface area contributed by atoms with Crippen LogP contribution in [0.25, 0.3) is 0 Å². The van der Waals surface area contributed by atoms with Gasteiger partial charge in [0.1, 0.15) is 0 Å². The summed E-state index contributed by atoms with van der Waals surface area (Å²) in [6, 6.07) is 6.42. The molecule has 4 nitrogen and oxygen atoms in total. The fourth-order valence-corrected chi connectivity index (χ4v) is 1.98. The van der Waals surface area contributed by atoms with E-state index >= 15 is 0 Å². The third-order valence-corrected chi connectivity index (χ3v) is 3.21. The van der Waals surface area contributed by atoms with E-state index in [1.807, 2.05) is 6.92 Å². The van der Waals surface area contributed by atoms with Gasteiger partial charge in [-0.05, 0) is 32.7 Å². The molecule has 0 aliphatic heterocycles. The molecule has 0 bridgehead atoms. The van der Waals surface area contributed by atoms with E-state index in [-0.39, 0.29) is 4.90 Å². The van der Waals surface area contributed by atoms with E-state index in [1.165, 1.54) is 19.1 Å². The van der Waals surface area contributed by atoms with Gasteiger partial charge in [-0.15, -0.1) is 0 Å². The molecule has 0 fully saturated rings. The van der Waals surface area contributed by atoms with Crippen molar-refractivity contribution in [2.24, 2.45) is 4.99 Å². The zero-order valence-electron chi connectivity index (χ0n) is 8.67. The second-order valence-corrected chi connectivity index (χ2v) is 4.72. The van der Waals surface area contributed by atoms with Crippen LogP contribution in [-0.2, 0) is 14.3 Å². The maximum absolute atomic E-state index is 11.6. The summed E-state index contributed by atoms with van der Waals surface area (Å²) in [6.45, 7) is 6.61. The third kappa shape index (κ3) is 3.14. The summed E-state index contributed by atoms with van der Waals surface area (Å²) >= 11 is 0. The largest absolute Gasteiger partial charge is 0.299 e. The SMILES string of the molecule is C=NC(C)OS(=O)(=O)c1ccc(C)cc1. The molecular formula is C10H13NO3S. The molecule has 1 unspecified atom stereocenters. The highest BCUT2D eigenvalue weighted by atomic mass is 32.2. The van der Waals surface area contributed by atoms with Crippen molar-refractivity contribution in [2.45, 2.75) is 25.0 Å². The number of aliphatic imine (C=N–C) groups is 1.